The van der Waals surface area contributed by atoms with Crippen LogP contribution in [0.25, 0.3) is 0 Å². The van der Waals surface area contributed by atoms with E-state index in [2.05, 4.69) is 0 Å². The van der Waals surface area contributed by atoms with Crippen molar-refractivity contribution >= 4 is 5.97 Å². The molecule has 0 saturated heterocycles. The number of esters is 1. The first-order chi connectivity index (χ1) is 7.97. The topological polar surface area (TPSA) is 73.9 Å². The molecule has 0 spiro atoms. The molecule has 0 aromatic heterocycles. The maximum Gasteiger partial charge on any atom is 0.313 e. The molecule has 0 N–H and O–H groups in total. The Bertz CT molecular complexity index is 406. The van der Waals surface area contributed by atoms with E-state index in [1.807, 2.05) is 6.92 Å². The number of hydrogen-bond donors (Lipinski definition) is 0. The van der Waals surface area contributed by atoms with Crippen molar-refractivity contribution in [1.29, 1.82) is 10.5 Å². The quantitative estimate of drug-likeness (QED) is 0.424. The molecule has 0 rings (SSSR count). The van der Waals surface area contributed by atoms with Crippen molar-refractivity contribution < 1.29 is 9.53 Å². The van der Waals surface area contributed by atoms with Crippen LogP contribution in [0.3, 0.4) is 0 Å². The Labute approximate surface area is 102 Å². The molecule has 0 aliphatic rings. The van der Waals surface area contributed by atoms with Gasteiger partial charge in [-0.25, -0.2) is 0 Å². The van der Waals surface area contributed by atoms with Crippen molar-refractivity contribution in [1.82, 2.24) is 0 Å². The molecule has 0 heterocycles. The van der Waals surface area contributed by atoms with Crippen molar-refractivity contribution in [3.8, 4) is 12.1 Å². The summed E-state index contributed by atoms with van der Waals surface area (Å²) in [5.74, 6) is -1.02. The summed E-state index contributed by atoms with van der Waals surface area (Å²) in [7, 11) is 0. The highest BCUT2D eigenvalue weighted by Crippen LogP contribution is 2.16. The molecule has 0 aromatic rings. The van der Waals surface area contributed by atoms with Crippen LogP contribution in [-0.4, -0.2) is 12.1 Å². The first kappa shape index (κ1) is 14.9. The van der Waals surface area contributed by atoms with Gasteiger partial charge in [0, 0.05) is 0 Å². The van der Waals surface area contributed by atoms with Crippen LogP contribution in [0.15, 0.2) is 23.3 Å². The van der Waals surface area contributed by atoms with Gasteiger partial charge in [-0.05, 0) is 39.3 Å². The summed E-state index contributed by atoms with van der Waals surface area (Å²) in [5.41, 5.74) is 0.404. The smallest absolute Gasteiger partial charge is 0.313 e. The molecule has 0 bridgehead atoms. The number of carbonyl (C=O) groups is 1. The molecular weight excluding hydrogens is 216 g/mol. The molecule has 4 nitrogen and oxygen atoms in total. The first-order valence-corrected chi connectivity index (χ1v) is 5.32. The van der Waals surface area contributed by atoms with Crippen LogP contribution in [0.2, 0.25) is 0 Å². The largest absolute Gasteiger partial charge is 0.458 e. The molecule has 0 aliphatic carbocycles. The molecule has 0 radical (unpaired) electrons. The van der Waals surface area contributed by atoms with E-state index in [9.17, 15) is 4.79 Å². The SMILES string of the molecule is C/C=C/C(C)OC(=O)[C@@H](C)C(C)=C(C#N)C#N. The Balaban J connectivity index is 4.80. The Hall–Kier alpha value is -2.07. The van der Waals surface area contributed by atoms with Gasteiger partial charge in [0.15, 0.2) is 0 Å². The van der Waals surface area contributed by atoms with Crippen LogP contribution in [0.4, 0.5) is 0 Å². The predicted molar refractivity (Wildman–Crippen MR) is 63.5 cm³/mol. The number of nitriles is 2. The van der Waals surface area contributed by atoms with E-state index in [1.54, 1.807) is 45.1 Å². The molecule has 4 heteroatoms. The lowest BCUT2D eigenvalue weighted by atomic mass is 9.98. The van der Waals surface area contributed by atoms with Gasteiger partial charge in [-0.15, -0.1) is 0 Å². The lowest BCUT2D eigenvalue weighted by molar-refractivity contribution is -0.149. The maximum absolute atomic E-state index is 11.7. The summed E-state index contributed by atoms with van der Waals surface area (Å²) >= 11 is 0. The van der Waals surface area contributed by atoms with Crippen molar-refractivity contribution in [3.63, 3.8) is 0 Å². The molecule has 2 atom stereocenters. The number of hydrogen-bond acceptors (Lipinski definition) is 4. The number of rotatable bonds is 4. The van der Waals surface area contributed by atoms with Gasteiger partial charge in [-0.2, -0.15) is 10.5 Å². The highest BCUT2D eigenvalue weighted by atomic mass is 16.5. The number of allylic oxidation sites excluding steroid dienone is 2. The second-order valence-electron chi connectivity index (χ2n) is 3.67. The van der Waals surface area contributed by atoms with Crippen LogP contribution in [0.1, 0.15) is 27.7 Å². The fourth-order valence-electron chi connectivity index (χ4n) is 1.19. The van der Waals surface area contributed by atoms with Gasteiger partial charge in [0.25, 0.3) is 0 Å². The molecule has 0 fully saturated rings. The van der Waals surface area contributed by atoms with E-state index >= 15 is 0 Å². The number of ether oxygens (including phenoxy) is 1. The number of carbonyl (C=O) groups excluding carboxylic acids is 1. The maximum atomic E-state index is 11.7. The normalized spacial score (nSPS) is 13.3. The average Bonchev–Trinajstić information content (AvgIpc) is 2.29. The second kappa shape index (κ2) is 7.24. The summed E-state index contributed by atoms with van der Waals surface area (Å²) < 4.78 is 5.13. The van der Waals surface area contributed by atoms with Crippen LogP contribution < -0.4 is 0 Å². The first-order valence-electron chi connectivity index (χ1n) is 5.32. The minimum absolute atomic E-state index is 0.0341. The fraction of sp³-hybridized carbons (Fsp3) is 0.462. The zero-order valence-electron chi connectivity index (χ0n) is 10.5. The van der Waals surface area contributed by atoms with E-state index in [1.165, 1.54) is 0 Å². The van der Waals surface area contributed by atoms with Gasteiger partial charge in [0.1, 0.15) is 23.8 Å². The van der Waals surface area contributed by atoms with Crippen molar-refractivity contribution in [2.24, 2.45) is 5.92 Å². The fourth-order valence-corrected chi connectivity index (χ4v) is 1.19. The van der Waals surface area contributed by atoms with E-state index in [0.717, 1.165) is 0 Å². The van der Waals surface area contributed by atoms with Crippen molar-refractivity contribution in [2.75, 3.05) is 0 Å². The lowest BCUT2D eigenvalue weighted by Gasteiger charge is -2.14. The zero-order valence-corrected chi connectivity index (χ0v) is 10.5. The highest BCUT2D eigenvalue weighted by molar-refractivity contribution is 5.76. The Morgan fingerprint density at radius 2 is 1.82 bits per heavy atom. The van der Waals surface area contributed by atoms with Crippen LogP contribution >= 0.6 is 0 Å². The number of nitrogens with zero attached hydrogens (tertiary/aromatic N) is 2. The van der Waals surface area contributed by atoms with Crippen molar-refractivity contribution in [3.05, 3.63) is 23.3 Å². The Morgan fingerprint density at radius 1 is 1.29 bits per heavy atom. The average molecular weight is 232 g/mol. The Morgan fingerprint density at radius 3 is 2.24 bits per heavy atom. The summed E-state index contributed by atoms with van der Waals surface area (Å²) in [5, 5.41) is 17.4. The zero-order chi connectivity index (χ0) is 13.4. The van der Waals surface area contributed by atoms with Gasteiger partial charge < -0.3 is 4.74 Å². The highest BCUT2D eigenvalue weighted by Gasteiger charge is 2.20. The van der Waals surface area contributed by atoms with E-state index in [0.29, 0.717) is 5.57 Å². The standard InChI is InChI=1S/C13H16N2O2/c1-5-6-9(2)17-13(16)11(4)10(3)12(7-14)8-15/h5-6,9,11H,1-4H3/b6-5+/t9?,11-/m0/s1. The van der Waals surface area contributed by atoms with Crippen molar-refractivity contribution in [2.45, 2.75) is 33.8 Å². The second-order valence-corrected chi connectivity index (χ2v) is 3.67. The van der Waals surface area contributed by atoms with E-state index < -0.39 is 11.9 Å². The van der Waals surface area contributed by atoms with E-state index in [4.69, 9.17) is 15.3 Å². The molecule has 17 heavy (non-hydrogen) atoms. The lowest BCUT2D eigenvalue weighted by Crippen LogP contribution is -2.21. The molecule has 0 saturated carbocycles. The monoisotopic (exact) mass is 232 g/mol. The summed E-state index contributed by atoms with van der Waals surface area (Å²) in [6.45, 7) is 6.80. The van der Waals surface area contributed by atoms with Gasteiger partial charge >= 0.3 is 5.97 Å². The molecule has 90 valence electrons. The van der Waals surface area contributed by atoms with Gasteiger partial charge in [-0.3, -0.25) is 4.79 Å². The van der Waals surface area contributed by atoms with Crippen LogP contribution in [0, 0.1) is 28.6 Å². The van der Waals surface area contributed by atoms with Gasteiger partial charge in [0.2, 0.25) is 0 Å². The molecule has 0 aromatic carbocycles. The minimum atomic E-state index is -0.586. The third-order valence-corrected chi connectivity index (χ3v) is 2.39. The molecule has 0 aliphatic heterocycles. The van der Waals surface area contributed by atoms with Crippen LogP contribution in [-0.2, 0) is 9.53 Å². The molecule has 0 amide bonds. The van der Waals surface area contributed by atoms with E-state index in [-0.39, 0.29) is 11.7 Å². The van der Waals surface area contributed by atoms with Gasteiger partial charge in [-0.1, -0.05) is 6.08 Å². The Kier molecular flexibility index (Phi) is 6.36. The third kappa shape index (κ3) is 4.53. The van der Waals surface area contributed by atoms with Crippen LogP contribution in [0.5, 0.6) is 0 Å². The minimum Gasteiger partial charge on any atom is -0.458 e. The predicted octanol–water partition coefficient (Wildman–Crippen LogP) is 2.49. The summed E-state index contributed by atoms with van der Waals surface area (Å²) in [6, 6.07) is 3.53. The summed E-state index contributed by atoms with van der Waals surface area (Å²) in [6.07, 6.45) is 3.23. The molecular formula is C13H16N2O2. The molecule has 1 unspecified atom stereocenters. The summed E-state index contributed by atoms with van der Waals surface area (Å²) in [4.78, 5) is 11.7. The van der Waals surface area contributed by atoms with Gasteiger partial charge in [0.05, 0.1) is 5.92 Å². The third-order valence-electron chi connectivity index (χ3n) is 2.39.